The quantitative estimate of drug-likeness (QED) is 0.835. The number of nitrogens with one attached hydrogen (secondary N) is 1. The topological polar surface area (TPSA) is 46.9 Å². The number of halogens is 1. The maximum Gasteiger partial charge on any atom is 0.244 e. The first-order valence-corrected chi connectivity index (χ1v) is 8.76. The van der Waals surface area contributed by atoms with Crippen molar-refractivity contribution in [3.8, 4) is 0 Å². The van der Waals surface area contributed by atoms with Crippen molar-refractivity contribution < 1.29 is 4.79 Å². The van der Waals surface area contributed by atoms with Crippen LogP contribution in [0, 0.1) is 6.92 Å². The van der Waals surface area contributed by atoms with E-state index in [1.807, 2.05) is 37.3 Å². The Hall–Kier alpha value is -2.07. The zero-order chi connectivity index (χ0) is 16.9. The summed E-state index contributed by atoms with van der Waals surface area (Å²) in [6.07, 6.45) is 7.87. The van der Waals surface area contributed by atoms with Crippen molar-refractivity contribution >= 4 is 23.6 Å². The van der Waals surface area contributed by atoms with E-state index in [1.54, 1.807) is 16.8 Å². The van der Waals surface area contributed by atoms with E-state index in [0.717, 1.165) is 29.7 Å². The van der Waals surface area contributed by atoms with Gasteiger partial charge in [-0.25, -0.2) is 4.68 Å². The minimum Gasteiger partial charge on any atom is -0.350 e. The second-order valence-electron chi connectivity index (χ2n) is 6.26. The molecular formula is C19H22ClN3O. The lowest BCUT2D eigenvalue weighted by atomic mass is 10.2. The molecule has 1 aromatic carbocycles. The van der Waals surface area contributed by atoms with Crippen molar-refractivity contribution in [1.29, 1.82) is 0 Å². The maximum atomic E-state index is 12.0. The lowest BCUT2D eigenvalue weighted by molar-refractivity contribution is -0.117. The van der Waals surface area contributed by atoms with Gasteiger partial charge in [-0.05, 0) is 31.4 Å². The van der Waals surface area contributed by atoms with E-state index >= 15 is 0 Å². The van der Waals surface area contributed by atoms with Gasteiger partial charge in [0.2, 0.25) is 5.91 Å². The molecule has 3 rings (SSSR count). The molecule has 0 radical (unpaired) electrons. The summed E-state index contributed by atoms with van der Waals surface area (Å²) in [5, 5.41) is 8.08. The molecule has 1 amide bonds. The van der Waals surface area contributed by atoms with Gasteiger partial charge in [0.1, 0.15) is 5.15 Å². The van der Waals surface area contributed by atoms with Gasteiger partial charge in [-0.15, -0.1) is 0 Å². The SMILES string of the molecule is Cc1nn(Cc2ccccc2)c(Cl)c1/C=C/C(=O)NC1CCCC1. The molecule has 1 fully saturated rings. The zero-order valence-corrected chi connectivity index (χ0v) is 14.6. The lowest BCUT2D eigenvalue weighted by Crippen LogP contribution is -2.30. The van der Waals surface area contributed by atoms with E-state index in [4.69, 9.17) is 11.6 Å². The van der Waals surface area contributed by atoms with E-state index in [1.165, 1.54) is 12.8 Å². The van der Waals surface area contributed by atoms with Gasteiger partial charge >= 0.3 is 0 Å². The first-order valence-electron chi connectivity index (χ1n) is 8.39. The normalized spacial score (nSPS) is 15.2. The molecule has 0 bridgehead atoms. The third-order valence-corrected chi connectivity index (χ3v) is 4.79. The molecule has 1 aromatic heterocycles. The molecule has 1 heterocycles. The molecular weight excluding hydrogens is 322 g/mol. The Morgan fingerprint density at radius 2 is 2.04 bits per heavy atom. The van der Waals surface area contributed by atoms with E-state index in [0.29, 0.717) is 17.7 Å². The van der Waals surface area contributed by atoms with E-state index in [9.17, 15) is 4.79 Å². The number of aromatic nitrogens is 2. The molecule has 0 spiro atoms. The average molecular weight is 344 g/mol. The number of benzene rings is 1. The monoisotopic (exact) mass is 343 g/mol. The molecule has 1 N–H and O–H groups in total. The smallest absolute Gasteiger partial charge is 0.244 e. The number of carbonyl (C=O) groups is 1. The Morgan fingerprint density at radius 3 is 2.75 bits per heavy atom. The van der Waals surface area contributed by atoms with Crippen LogP contribution < -0.4 is 5.32 Å². The highest BCUT2D eigenvalue weighted by molar-refractivity contribution is 6.31. The third-order valence-electron chi connectivity index (χ3n) is 4.39. The van der Waals surface area contributed by atoms with E-state index in [2.05, 4.69) is 10.4 Å². The van der Waals surface area contributed by atoms with Crippen molar-refractivity contribution in [2.75, 3.05) is 0 Å². The Bertz CT molecular complexity index is 731. The summed E-state index contributed by atoms with van der Waals surface area (Å²) in [6.45, 7) is 2.52. The van der Waals surface area contributed by atoms with Gasteiger partial charge in [0.05, 0.1) is 12.2 Å². The third kappa shape index (κ3) is 4.06. The predicted octanol–water partition coefficient (Wildman–Crippen LogP) is 3.97. The number of hydrogen-bond donors (Lipinski definition) is 1. The number of rotatable bonds is 5. The summed E-state index contributed by atoms with van der Waals surface area (Å²) < 4.78 is 1.76. The van der Waals surface area contributed by atoms with Gasteiger partial charge in [0, 0.05) is 17.7 Å². The Morgan fingerprint density at radius 1 is 1.33 bits per heavy atom. The standard InChI is InChI=1S/C19H22ClN3O/c1-14-17(11-12-18(24)21-16-9-5-6-10-16)19(20)23(22-14)13-15-7-3-2-4-8-15/h2-4,7-8,11-12,16H,5-6,9-10,13H2,1H3,(H,21,24)/b12-11+. The Balaban J connectivity index is 1.69. The Labute approximate surface area is 147 Å². The molecule has 126 valence electrons. The van der Waals surface area contributed by atoms with Gasteiger partial charge in [0.25, 0.3) is 0 Å². The first-order chi connectivity index (χ1) is 11.6. The minimum atomic E-state index is -0.0619. The minimum absolute atomic E-state index is 0.0619. The molecule has 1 aliphatic carbocycles. The highest BCUT2D eigenvalue weighted by Crippen LogP contribution is 2.22. The number of amides is 1. The molecule has 0 aliphatic heterocycles. The molecule has 0 unspecified atom stereocenters. The fourth-order valence-corrected chi connectivity index (χ4v) is 3.39. The van der Waals surface area contributed by atoms with Crippen molar-refractivity contribution in [2.45, 2.75) is 45.2 Å². The number of hydrogen-bond acceptors (Lipinski definition) is 2. The first kappa shape index (κ1) is 16.8. The maximum absolute atomic E-state index is 12.0. The highest BCUT2D eigenvalue weighted by Gasteiger charge is 2.16. The molecule has 2 aromatic rings. The molecule has 1 aliphatic rings. The van der Waals surface area contributed by atoms with Gasteiger partial charge in [-0.3, -0.25) is 4.79 Å². The largest absolute Gasteiger partial charge is 0.350 e. The molecule has 0 atom stereocenters. The summed E-state index contributed by atoms with van der Waals surface area (Å²) in [6, 6.07) is 10.4. The second-order valence-corrected chi connectivity index (χ2v) is 6.61. The number of carbonyl (C=O) groups excluding carboxylic acids is 1. The van der Waals surface area contributed by atoms with Gasteiger partial charge in [-0.1, -0.05) is 54.8 Å². The van der Waals surface area contributed by atoms with Crippen LogP contribution in [0.25, 0.3) is 6.08 Å². The number of nitrogens with zero attached hydrogens (tertiary/aromatic N) is 2. The summed E-state index contributed by atoms with van der Waals surface area (Å²) in [7, 11) is 0. The summed E-state index contributed by atoms with van der Waals surface area (Å²) in [5.41, 5.74) is 2.76. The van der Waals surface area contributed by atoms with Crippen LogP contribution in [0.15, 0.2) is 36.4 Å². The second kappa shape index (κ2) is 7.67. The summed E-state index contributed by atoms with van der Waals surface area (Å²) in [5.74, 6) is -0.0619. The molecule has 0 saturated heterocycles. The molecule has 24 heavy (non-hydrogen) atoms. The van der Waals surface area contributed by atoms with Crippen LogP contribution in [-0.2, 0) is 11.3 Å². The van der Waals surface area contributed by atoms with Gasteiger partial charge in [-0.2, -0.15) is 5.10 Å². The zero-order valence-electron chi connectivity index (χ0n) is 13.8. The van der Waals surface area contributed by atoms with Crippen LogP contribution in [-0.4, -0.2) is 21.7 Å². The van der Waals surface area contributed by atoms with Crippen LogP contribution in [0.5, 0.6) is 0 Å². The highest BCUT2D eigenvalue weighted by atomic mass is 35.5. The van der Waals surface area contributed by atoms with E-state index < -0.39 is 0 Å². The van der Waals surface area contributed by atoms with Crippen LogP contribution in [0.4, 0.5) is 0 Å². The van der Waals surface area contributed by atoms with Crippen LogP contribution in [0.1, 0.15) is 42.5 Å². The van der Waals surface area contributed by atoms with Crippen molar-refractivity contribution in [1.82, 2.24) is 15.1 Å². The Kier molecular flexibility index (Phi) is 5.36. The molecule has 4 nitrogen and oxygen atoms in total. The summed E-state index contributed by atoms with van der Waals surface area (Å²) in [4.78, 5) is 12.0. The average Bonchev–Trinajstić information content (AvgIpc) is 3.16. The molecule has 1 saturated carbocycles. The fourth-order valence-electron chi connectivity index (χ4n) is 3.10. The lowest BCUT2D eigenvalue weighted by Gasteiger charge is -2.09. The van der Waals surface area contributed by atoms with Crippen LogP contribution >= 0.6 is 11.6 Å². The van der Waals surface area contributed by atoms with Crippen molar-refractivity contribution in [3.63, 3.8) is 0 Å². The van der Waals surface area contributed by atoms with Gasteiger partial charge < -0.3 is 5.32 Å². The van der Waals surface area contributed by atoms with Crippen LogP contribution in [0.3, 0.4) is 0 Å². The van der Waals surface area contributed by atoms with Crippen molar-refractivity contribution in [2.24, 2.45) is 0 Å². The van der Waals surface area contributed by atoms with E-state index in [-0.39, 0.29) is 5.91 Å². The summed E-state index contributed by atoms with van der Waals surface area (Å²) >= 11 is 6.45. The van der Waals surface area contributed by atoms with Crippen LogP contribution in [0.2, 0.25) is 5.15 Å². The van der Waals surface area contributed by atoms with Gasteiger partial charge in [0.15, 0.2) is 0 Å². The molecule has 5 heteroatoms. The number of aryl methyl sites for hydroxylation is 1. The predicted molar refractivity (Wildman–Crippen MR) is 97.0 cm³/mol. The fraction of sp³-hybridized carbons (Fsp3) is 0.368. The van der Waals surface area contributed by atoms with Crippen molar-refractivity contribution in [3.05, 3.63) is 58.4 Å².